The zero-order valence-corrected chi connectivity index (χ0v) is 14.0. The van der Waals surface area contributed by atoms with E-state index in [4.69, 9.17) is 0 Å². The van der Waals surface area contributed by atoms with Crippen molar-refractivity contribution < 1.29 is 9.59 Å². The van der Waals surface area contributed by atoms with Crippen molar-refractivity contribution in [1.82, 2.24) is 10.3 Å². The summed E-state index contributed by atoms with van der Waals surface area (Å²) in [5.74, 6) is -0.217. The lowest BCUT2D eigenvalue weighted by molar-refractivity contribution is -0.116. The van der Waals surface area contributed by atoms with Gasteiger partial charge < -0.3 is 10.6 Å². The molecule has 0 spiro atoms. The predicted octanol–water partition coefficient (Wildman–Crippen LogP) is 3.23. The number of rotatable bonds is 5. The number of aryl methyl sites for hydroxylation is 1. The van der Waals surface area contributed by atoms with Gasteiger partial charge in [-0.05, 0) is 36.4 Å². The molecule has 0 aliphatic heterocycles. The van der Waals surface area contributed by atoms with Crippen LogP contribution in [0.4, 0.5) is 5.69 Å². The molecule has 2 N–H and O–H groups in total. The number of carbonyl (C=O) groups is 2. The Hall–Kier alpha value is -2.73. The van der Waals surface area contributed by atoms with Gasteiger partial charge in [-0.25, -0.2) is 4.98 Å². The number of carbonyl (C=O) groups excluding carboxylic acids is 2. The number of para-hydroxylation sites is 1. The van der Waals surface area contributed by atoms with Crippen molar-refractivity contribution in [3.05, 3.63) is 59.1 Å². The number of nitrogens with one attached hydrogen (secondary N) is 2. The molecule has 0 fully saturated rings. The Labute approximate surface area is 143 Å². The Bertz CT molecular complexity index is 838. The summed E-state index contributed by atoms with van der Waals surface area (Å²) in [6.45, 7) is 0. The largest absolute Gasteiger partial charge is 0.355 e. The topological polar surface area (TPSA) is 71.1 Å². The second-order valence-electron chi connectivity index (χ2n) is 5.28. The van der Waals surface area contributed by atoms with Gasteiger partial charge in [-0.3, -0.25) is 9.59 Å². The lowest BCUT2D eigenvalue weighted by Gasteiger charge is -2.05. The molecule has 3 rings (SSSR count). The van der Waals surface area contributed by atoms with Crippen LogP contribution in [0.5, 0.6) is 0 Å². The zero-order chi connectivity index (χ0) is 16.9. The van der Waals surface area contributed by atoms with Crippen LogP contribution in [-0.2, 0) is 11.2 Å². The highest BCUT2D eigenvalue weighted by Crippen LogP contribution is 2.22. The van der Waals surface area contributed by atoms with Crippen molar-refractivity contribution >= 4 is 39.1 Å². The molecule has 0 saturated carbocycles. The highest BCUT2D eigenvalue weighted by molar-refractivity contribution is 7.18. The Balaban J connectivity index is 1.56. The highest BCUT2D eigenvalue weighted by Gasteiger charge is 2.08. The fourth-order valence-corrected chi connectivity index (χ4v) is 3.29. The summed E-state index contributed by atoms with van der Waals surface area (Å²) in [5, 5.41) is 6.35. The molecule has 5 nitrogen and oxygen atoms in total. The second-order valence-corrected chi connectivity index (χ2v) is 6.40. The molecule has 0 bridgehead atoms. The van der Waals surface area contributed by atoms with E-state index >= 15 is 0 Å². The first-order valence-corrected chi connectivity index (χ1v) is 8.44. The molecule has 0 saturated heterocycles. The minimum absolute atomic E-state index is 0.0676. The molecular weight excluding hydrogens is 322 g/mol. The fourth-order valence-electron chi connectivity index (χ4n) is 2.32. The van der Waals surface area contributed by atoms with Crippen LogP contribution in [0.3, 0.4) is 0 Å². The maximum atomic E-state index is 12.1. The molecule has 3 aromatic rings. The van der Waals surface area contributed by atoms with E-state index in [0.29, 0.717) is 24.1 Å². The number of anilines is 1. The van der Waals surface area contributed by atoms with Gasteiger partial charge in [-0.2, -0.15) is 0 Å². The van der Waals surface area contributed by atoms with Gasteiger partial charge >= 0.3 is 0 Å². The fraction of sp³-hybridized carbons (Fsp3) is 0.167. The summed E-state index contributed by atoms with van der Waals surface area (Å²) in [6, 6.07) is 14.8. The molecule has 1 heterocycles. The normalized spacial score (nSPS) is 10.5. The van der Waals surface area contributed by atoms with Gasteiger partial charge in [0.05, 0.1) is 15.2 Å². The Morgan fingerprint density at radius 3 is 2.54 bits per heavy atom. The third kappa shape index (κ3) is 3.78. The monoisotopic (exact) mass is 339 g/mol. The van der Waals surface area contributed by atoms with Crippen LogP contribution < -0.4 is 10.6 Å². The quantitative estimate of drug-likeness (QED) is 0.750. The number of thiazole rings is 1. The SMILES string of the molecule is CNC(=O)c1ccc(NC(=O)CCc2nc3ccccc3s2)cc1. The van der Waals surface area contributed by atoms with Crippen LogP contribution in [0, 0.1) is 0 Å². The highest BCUT2D eigenvalue weighted by atomic mass is 32.1. The summed E-state index contributed by atoms with van der Waals surface area (Å²) < 4.78 is 1.14. The van der Waals surface area contributed by atoms with Gasteiger partial charge in [0, 0.05) is 31.1 Å². The van der Waals surface area contributed by atoms with Gasteiger partial charge in [-0.1, -0.05) is 12.1 Å². The molecule has 0 aliphatic carbocycles. The number of hydrogen-bond donors (Lipinski definition) is 2. The molecule has 0 radical (unpaired) electrons. The minimum atomic E-state index is -0.149. The van der Waals surface area contributed by atoms with E-state index in [-0.39, 0.29) is 11.8 Å². The van der Waals surface area contributed by atoms with Crippen molar-refractivity contribution in [2.24, 2.45) is 0 Å². The van der Waals surface area contributed by atoms with E-state index in [1.54, 1.807) is 42.6 Å². The molecule has 0 aliphatic rings. The van der Waals surface area contributed by atoms with Gasteiger partial charge in [0.25, 0.3) is 5.91 Å². The van der Waals surface area contributed by atoms with Gasteiger partial charge in [0.15, 0.2) is 0 Å². The smallest absolute Gasteiger partial charge is 0.251 e. The molecule has 6 heteroatoms. The van der Waals surface area contributed by atoms with Gasteiger partial charge in [0.1, 0.15) is 0 Å². The van der Waals surface area contributed by atoms with Crippen molar-refractivity contribution in [1.29, 1.82) is 0 Å². The molecular formula is C18H17N3O2S. The van der Waals surface area contributed by atoms with E-state index < -0.39 is 0 Å². The van der Waals surface area contributed by atoms with E-state index in [1.807, 2.05) is 24.3 Å². The summed E-state index contributed by atoms with van der Waals surface area (Å²) in [4.78, 5) is 28.1. The second kappa shape index (κ2) is 7.23. The number of aromatic nitrogens is 1. The number of benzene rings is 2. The Morgan fingerprint density at radius 1 is 1.08 bits per heavy atom. The van der Waals surface area contributed by atoms with Gasteiger partial charge in [-0.15, -0.1) is 11.3 Å². The first-order valence-electron chi connectivity index (χ1n) is 7.62. The Kier molecular flexibility index (Phi) is 4.86. The number of fused-ring (bicyclic) bond motifs is 1. The van der Waals surface area contributed by atoms with Crippen LogP contribution in [-0.4, -0.2) is 23.8 Å². The van der Waals surface area contributed by atoms with Crippen molar-refractivity contribution in [3.63, 3.8) is 0 Å². The van der Waals surface area contributed by atoms with E-state index in [1.165, 1.54) is 0 Å². The van der Waals surface area contributed by atoms with Crippen LogP contribution in [0.1, 0.15) is 21.8 Å². The molecule has 24 heavy (non-hydrogen) atoms. The number of amides is 2. The first kappa shape index (κ1) is 16.1. The zero-order valence-electron chi connectivity index (χ0n) is 13.2. The third-order valence-electron chi connectivity index (χ3n) is 3.56. The van der Waals surface area contributed by atoms with Crippen LogP contribution in [0.2, 0.25) is 0 Å². The lowest BCUT2D eigenvalue weighted by Crippen LogP contribution is -2.18. The number of nitrogens with zero attached hydrogens (tertiary/aromatic N) is 1. The summed E-state index contributed by atoms with van der Waals surface area (Å²) in [7, 11) is 1.58. The molecule has 2 amide bonds. The first-order chi connectivity index (χ1) is 11.7. The van der Waals surface area contributed by atoms with E-state index in [2.05, 4.69) is 15.6 Å². The summed E-state index contributed by atoms with van der Waals surface area (Å²) in [5.41, 5.74) is 2.21. The van der Waals surface area contributed by atoms with Gasteiger partial charge in [0.2, 0.25) is 5.91 Å². The van der Waals surface area contributed by atoms with E-state index in [0.717, 1.165) is 15.2 Å². The average molecular weight is 339 g/mol. The molecule has 122 valence electrons. The average Bonchev–Trinajstić information content (AvgIpc) is 3.03. The lowest BCUT2D eigenvalue weighted by atomic mass is 10.2. The van der Waals surface area contributed by atoms with Crippen molar-refractivity contribution in [3.8, 4) is 0 Å². The maximum absolute atomic E-state index is 12.1. The van der Waals surface area contributed by atoms with Crippen LogP contribution in [0.15, 0.2) is 48.5 Å². The maximum Gasteiger partial charge on any atom is 0.251 e. The molecule has 1 aromatic heterocycles. The third-order valence-corrected chi connectivity index (χ3v) is 4.66. The molecule has 0 unspecified atom stereocenters. The number of hydrogen-bond acceptors (Lipinski definition) is 4. The van der Waals surface area contributed by atoms with E-state index in [9.17, 15) is 9.59 Å². The van der Waals surface area contributed by atoms with Crippen LogP contribution in [0.25, 0.3) is 10.2 Å². The van der Waals surface area contributed by atoms with Crippen LogP contribution >= 0.6 is 11.3 Å². The Morgan fingerprint density at radius 2 is 1.83 bits per heavy atom. The summed E-state index contributed by atoms with van der Waals surface area (Å²) in [6.07, 6.45) is 0.985. The minimum Gasteiger partial charge on any atom is -0.355 e. The van der Waals surface area contributed by atoms with Crippen molar-refractivity contribution in [2.75, 3.05) is 12.4 Å². The predicted molar refractivity (Wildman–Crippen MR) is 96.4 cm³/mol. The molecule has 2 aromatic carbocycles. The summed E-state index contributed by atoms with van der Waals surface area (Å²) >= 11 is 1.62. The molecule has 0 atom stereocenters. The standard InChI is InChI=1S/C18H17N3O2S/c1-19-18(23)12-6-8-13(9-7-12)20-16(22)10-11-17-21-14-4-2-3-5-15(14)24-17/h2-9H,10-11H2,1H3,(H,19,23)(H,20,22). The van der Waals surface area contributed by atoms with Crippen molar-refractivity contribution in [2.45, 2.75) is 12.8 Å².